The van der Waals surface area contributed by atoms with Crippen LogP contribution in [-0.2, 0) is 0 Å². The second kappa shape index (κ2) is 4.71. The fraction of sp³-hybridized carbons (Fsp3) is 0.500. The summed E-state index contributed by atoms with van der Waals surface area (Å²) in [6.07, 6.45) is -2.03. The molecule has 1 rings (SSSR count). The number of alkyl halides is 1. The Morgan fingerprint density at radius 2 is 1.80 bits per heavy atom. The summed E-state index contributed by atoms with van der Waals surface area (Å²) in [5.74, 6) is -0.583. The zero-order valence-corrected chi connectivity index (χ0v) is 9.17. The number of aliphatic hydroxyl groups is 1. The number of hydrogen-bond acceptors (Lipinski definition) is 1. The first-order valence-corrected chi connectivity index (χ1v) is 5.05. The Balaban J connectivity index is 3.01. The maximum atomic E-state index is 13.4. The first kappa shape index (κ1) is 12.1. The van der Waals surface area contributed by atoms with Crippen LogP contribution in [0.5, 0.6) is 0 Å². The lowest BCUT2D eigenvalue weighted by Crippen LogP contribution is -2.06. The van der Waals surface area contributed by atoms with E-state index in [-0.39, 0.29) is 11.5 Å². The molecule has 0 bridgehead atoms. The van der Waals surface area contributed by atoms with Crippen molar-refractivity contribution >= 4 is 0 Å². The zero-order chi connectivity index (χ0) is 11.6. The molecule has 0 fully saturated rings. The van der Waals surface area contributed by atoms with Crippen LogP contribution in [0.3, 0.4) is 0 Å². The summed E-state index contributed by atoms with van der Waals surface area (Å²) in [6, 6.07) is 4.16. The van der Waals surface area contributed by atoms with Gasteiger partial charge >= 0.3 is 0 Å². The van der Waals surface area contributed by atoms with Gasteiger partial charge in [0.2, 0.25) is 0 Å². The number of halogens is 2. The first-order chi connectivity index (χ1) is 6.93. The maximum Gasteiger partial charge on any atom is 0.129 e. The summed E-state index contributed by atoms with van der Waals surface area (Å²) in [5.41, 5.74) is 0.529. The minimum absolute atomic E-state index is 0.0121. The second-order valence-electron chi connectivity index (χ2n) is 4.09. The summed E-state index contributed by atoms with van der Waals surface area (Å²) >= 11 is 0. The smallest absolute Gasteiger partial charge is 0.129 e. The van der Waals surface area contributed by atoms with Crippen molar-refractivity contribution in [3.63, 3.8) is 0 Å². The van der Waals surface area contributed by atoms with E-state index in [4.69, 9.17) is 0 Å². The second-order valence-corrected chi connectivity index (χ2v) is 4.09. The molecule has 84 valence electrons. The summed E-state index contributed by atoms with van der Waals surface area (Å²) in [6.45, 7) is 4.97. The highest BCUT2D eigenvalue weighted by molar-refractivity contribution is 5.27. The van der Waals surface area contributed by atoms with Crippen LogP contribution in [-0.4, -0.2) is 5.11 Å². The van der Waals surface area contributed by atoms with Crippen molar-refractivity contribution in [2.24, 2.45) is 5.92 Å². The van der Waals surface area contributed by atoms with Crippen LogP contribution in [0.1, 0.15) is 44.2 Å². The molecule has 3 heteroatoms. The van der Waals surface area contributed by atoms with Crippen LogP contribution in [0, 0.1) is 11.7 Å². The molecule has 2 atom stereocenters. The molecule has 15 heavy (non-hydrogen) atoms. The molecule has 1 nitrogen and oxygen atoms in total. The molecule has 0 saturated carbocycles. The highest BCUT2D eigenvalue weighted by Gasteiger charge is 2.15. The molecule has 2 unspecified atom stereocenters. The molecule has 0 aliphatic heterocycles. The van der Waals surface area contributed by atoms with E-state index in [1.165, 1.54) is 19.1 Å². The zero-order valence-electron chi connectivity index (χ0n) is 9.17. The number of aliphatic hydroxyl groups excluding tert-OH is 1. The Hall–Kier alpha value is -0.960. The number of hydrogen-bond donors (Lipinski definition) is 1. The van der Waals surface area contributed by atoms with E-state index in [1.807, 2.05) is 13.8 Å². The molecule has 0 aliphatic carbocycles. The molecular weight excluding hydrogens is 198 g/mol. The van der Waals surface area contributed by atoms with Crippen molar-refractivity contribution in [2.45, 2.75) is 33.0 Å². The molecule has 0 aromatic heterocycles. The maximum absolute atomic E-state index is 13.4. The van der Waals surface area contributed by atoms with E-state index in [2.05, 4.69) is 0 Å². The predicted molar refractivity (Wildman–Crippen MR) is 55.7 cm³/mol. The Morgan fingerprint density at radius 1 is 1.20 bits per heavy atom. The Labute approximate surface area is 88.7 Å². The van der Waals surface area contributed by atoms with Gasteiger partial charge in [0, 0.05) is 5.56 Å². The van der Waals surface area contributed by atoms with Gasteiger partial charge in [-0.2, -0.15) is 0 Å². The van der Waals surface area contributed by atoms with Crippen molar-refractivity contribution in [3.05, 3.63) is 35.1 Å². The average Bonchev–Trinajstić information content (AvgIpc) is 2.15. The van der Waals surface area contributed by atoms with Crippen LogP contribution in [0.25, 0.3) is 0 Å². The largest absolute Gasteiger partial charge is 0.388 e. The van der Waals surface area contributed by atoms with E-state index in [1.54, 1.807) is 6.07 Å². The monoisotopic (exact) mass is 214 g/mol. The Bertz CT molecular complexity index is 334. The van der Waals surface area contributed by atoms with Gasteiger partial charge in [-0.15, -0.1) is 0 Å². The third kappa shape index (κ3) is 2.75. The van der Waals surface area contributed by atoms with Crippen molar-refractivity contribution in [2.75, 3.05) is 0 Å². The van der Waals surface area contributed by atoms with Gasteiger partial charge in [0.05, 0.1) is 6.10 Å². The summed E-state index contributed by atoms with van der Waals surface area (Å²) in [5, 5.41) is 9.69. The molecule has 1 N–H and O–H groups in total. The summed E-state index contributed by atoms with van der Waals surface area (Å²) < 4.78 is 26.3. The quantitative estimate of drug-likeness (QED) is 0.815. The number of benzene rings is 1. The van der Waals surface area contributed by atoms with Gasteiger partial charge < -0.3 is 5.11 Å². The minimum Gasteiger partial charge on any atom is -0.388 e. The van der Waals surface area contributed by atoms with Gasteiger partial charge in [-0.3, -0.25) is 0 Å². The van der Waals surface area contributed by atoms with Gasteiger partial charge in [-0.25, -0.2) is 8.78 Å². The average molecular weight is 214 g/mol. The molecular formula is C12H16F2O. The van der Waals surface area contributed by atoms with Crippen molar-refractivity contribution in [3.8, 4) is 0 Å². The van der Waals surface area contributed by atoms with Gasteiger partial charge in [0.25, 0.3) is 0 Å². The Kier molecular flexibility index (Phi) is 3.80. The molecule has 0 amide bonds. The molecule has 0 heterocycles. The molecule has 0 radical (unpaired) electrons. The van der Waals surface area contributed by atoms with E-state index in [0.29, 0.717) is 5.56 Å². The SMILES string of the molecule is CC(F)c1ccc(C(O)C(C)C)cc1F. The highest BCUT2D eigenvalue weighted by atomic mass is 19.1. The summed E-state index contributed by atoms with van der Waals surface area (Å²) in [7, 11) is 0. The molecule has 0 saturated heterocycles. The van der Waals surface area contributed by atoms with Crippen molar-refractivity contribution in [1.82, 2.24) is 0 Å². The van der Waals surface area contributed by atoms with Crippen molar-refractivity contribution in [1.29, 1.82) is 0 Å². The lowest BCUT2D eigenvalue weighted by atomic mass is 9.97. The van der Waals surface area contributed by atoms with Gasteiger partial charge in [0.15, 0.2) is 0 Å². The van der Waals surface area contributed by atoms with E-state index in [9.17, 15) is 13.9 Å². The molecule has 0 spiro atoms. The third-order valence-corrected chi connectivity index (χ3v) is 2.43. The third-order valence-electron chi connectivity index (χ3n) is 2.43. The van der Waals surface area contributed by atoms with Crippen molar-refractivity contribution < 1.29 is 13.9 Å². The minimum atomic E-state index is -1.32. The summed E-state index contributed by atoms with van der Waals surface area (Å²) in [4.78, 5) is 0. The molecule has 1 aromatic carbocycles. The molecule has 1 aromatic rings. The van der Waals surface area contributed by atoms with Gasteiger partial charge in [0.1, 0.15) is 12.0 Å². The topological polar surface area (TPSA) is 20.2 Å². The van der Waals surface area contributed by atoms with Crippen LogP contribution in [0.4, 0.5) is 8.78 Å². The fourth-order valence-corrected chi connectivity index (χ4v) is 1.43. The predicted octanol–water partition coefficient (Wildman–Crippen LogP) is 3.55. The van der Waals surface area contributed by atoms with E-state index in [0.717, 1.165) is 0 Å². The normalized spacial score (nSPS) is 15.4. The van der Waals surface area contributed by atoms with Crippen LogP contribution >= 0.6 is 0 Å². The van der Waals surface area contributed by atoms with Crippen LogP contribution in [0.2, 0.25) is 0 Å². The van der Waals surface area contributed by atoms with Crippen LogP contribution < -0.4 is 0 Å². The Morgan fingerprint density at radius 3 is 2.20 bits per heavy atom. The van der Waals surface area contributed by atoms with E-state index >= 15 is 0 Å². The standard InChI is InChI=1S/C12H16F2O/c1-7(2)12(15)9-4-5-10(8(3)13)11(14)6-9/h4-8,12,15H,1-3H3. The van der Waals surface area contributed by atoms with E-state index < -0.39 is 18.1 Å². The van der Waals surface area contributed by atoms with Gasteiger partial charge in [-0.05, 0) is 24.5 Å². The highest BCUT2D eigenvalue weighted by Crippen LogP contribution is 2.26. The fourth-order valence-electron chi connectivity index (χ4n) is 1.43. The molecule has 0 aliphatic rings. The lowest BCUT2D eigenvalue weighted by Gasteiger charge is -2.15. The number of rotatable bonds is 3. The van der Waals surface area contributed by atoms with Crippen LogP contribution in [0.15, 0.2) is 18.2 Å². The lowest BCUT2D eigenvalue weighted by molar-refractivity contribution is 0.126. The van der Waals surface area contributed by atoms with Gasteiger partial charge in [-0.1, -0.05) is 26.0 Å². The first-order valence-electron chi connectivity index (χ1n) is 5.05.